The average Bonchev–Trinajstić information content (AvgIpc) is 2.47. The maximum atomic E-state index is 11.5. The lowest BCUT2D eigenvalue weighted by molar-refractivity contribution is -0.121. The van der Waals surface area contributed by atoms with Crippen LogP contribution in [0.1, 0.15) is 18.9 Å². The van der Waals surface area contributed by atoms with E-state index in [1.54, 1.807) is 19.2 Å². The van der Waals surface area contributed by atoms with E-state index in [2.05, 4.69) is 10.6 Å². The van der Waals surface area contributed by atoms with E-state index in [0.29, 0.717) is 45.0 Å². The van der Waals surface area contributed by atoms with E-state index in [0.717, 1.165) is 5.56 Å². The molecule has 1 rings (SSSR count). The molecule has 0 aromatic heterocycles. The van der Waals surface area contributed by atoms with Crippen molar-refractivity contribution in [2.24, 2.45) is 0 Å². The van der Waals surface area contributed by atoms with Gasteiger partial charge in [0.2, 0.25) is 5.91 Å². The van der Waals surface area contributed by atoms with Crippen molar-refractivity contribution in [1.82, 2.24) is 10.6 Å². The highest BCUT2D eigenvalue weighted by Gasteiger charge is 2.04. The van der Waals surface area contributed by atoms with Gasteiger partial charge in [-0.2, -0.15) is 0 Å². The standard InChI is InChI=1S/C15H24N2O4/c1-3-21-14-10-12(4-5-13(14)18)11-16-7-6-15(19)17-8-9-20-2/h4-5,10,16,18H,3,6-9,11H2,1-2H3,(H,17,19). The molecule has 1 aromatic rings. The number of methoxy groups -OCH3 is 1. The number of phenols is 1. The quantitative estimate of drug-likeness (QED) is 0.562. The fourth-order valence-corrected chi connectivity index (χ4v) is 1.76. The summed E-state index contributed by atoms with van der Waals surface area (Å²) in [4.78, 5) is 11.5. The van der Waals surface area contributed by atoms with Crippen LogP contribution >= 0.6 is 0 Å². The van der Waals surface area contributed by atoms with Gasteiger partial charge in [0.25, 0.3) is 0 Å². The topological polar surface area (TPSA) is 79.8 Å². The third kappa shape index (κ3) is 6.97. The first-order chi connectivity index (χ1) is 10.2. The van der Waals surface area contributed by atoms with Gasteiger partial charge in [0.15, 0.2) is 11.5 Å². The molecule has 0 spiro atoms. The number of rotatable bonds is 10. The SMILES string of the molecule is CCOc1cc(CNCCC(=O)NCCOC)ccc1O. The van der Waals surface area contributed by atoms with Gasteiger partial charge >= 0.3 is 0 Å². The van der Waals surface area contributed by atoms with Gasteiger partial charge < -0.3 is 25.2 Å². The number of hydrogen-bond acceptors (Lipinski definition) is 5. The molecule has 118 valence electrons. The molecule has 1 aromatic carbocycles. The van der Waals surface area contributed by atoms with E-state index in [4.69, 9.17) is 9.47 Å². The zero-order valence-electron chi connectivity index (χ0n) is 12.6. The van der Waals surface area contributed by atoms with Crippen molar-refractivity contribution in [2.75, 3.05) is 33.4 Å². The number of phenolic OH excluding ortho intramolecular Hbond substituents is 1. The summed E-state index contributed by atoms with van der Waals surface area (Å²) in [6.07, 6.45) is 0.417. The summed E-state index contributed by atoms with van der Waals surface area (Å²) in [5.74, 6) is 0.618. The summed E-state index contributed by atoms with van der Waals surface area (Å²) in [6.45, 7) is 4.63. The van der Waals surface area contributed by atoms with Crippen LogP contribution in [0.4, 0.5) is 0 Å². The Morgan fingerprint density at radius 1 is 1.33 bits per heavy atom. The second kappa shape index (κ2) is 10.0. The molecule has 0 fully saturated rings. The molecule has 0 bridgehead atoms. The second-order valence-electron chi connectivity index (χ2n) is 4.50. The zero-order valence-corrected chi connectivity index (χ0v) is 12.6. The van der Waals surface area contributed by atoms with Crippen molar-refractivity contribution in [3.05, 3.63) is 23.8 Å². The Labute approximate surface area is 125 Å². The average molecular weight is 296 g/mol. The molecule has 0 radical (unpaired) electrons. The minimum absolute atomic E-state index is 0.000242. The molecular weight excluding hydrogens is 272 g/mol. The van der Waals surface area contributed by atoms with Crippen LogP contribution in [0.5, 0.6) is 11.5 Å². The van der Waals surface area contributed by atoms with E-state index in [-0.39, 0.29) is 11.7 Å². The lowest BCUT2D eigenvalue weighted by Gasteiger charge is -2.09. The minimum Gasteiger partial charge on any atom is -0.504 e. The number of carbonyl (C=O) groups is 1. The molecule has 6 heteroatoms. The summed E-state index contributed by atoms with van der Waals surface area (Å²) in [5.41, 5.74) is 0.996. The van der Waals surface area contributed by atoms with Gasteiger partial charge in [-0.1, -0.05) is 6.07 Å². The van der Waals surface area contributed by atoms with Gasteiger partial charge in [-0.15, -0.1) is 0 Å². The van der Waals surface area contributed by atoms with Crippen LogP contribution in [0, 0.1) is 0 Å². The van der Waals surface area contributed by atoms with Gasteiger partial charge in [-0.05, 0) is 24.6 Å². The summed E-state index contributed by atoms with van der Waals surface area (Å²) >= 11 is 0. The van der Waals surface area contributed by atoms with Crippen LogP contribution in [0.25, 0.3) is 0 Å². The summed E-state index contributed by atoms with van der Waals surface area (Å²) < 4.78 is 10.2. The molecule has 3 N–H and O–H groups in total. The maximum Gasteiger partial charge on any atom is 0.221 e. The molecule has 21 heavy (non-hydrogen) atoms. The third-order valence-electron chi connectivity index (χ3n) is 2.81. The number of amides is 1. The van der Waals surface area contributed by atoms with Crippen LogP contribution in [-0.4, -0.2) is 44.4 Å². The fourth-order valence-electron chi connectivity index (χ4n) is 1.76. The van der Waals surface area contributed by atoms with Crippen LogP contribution in [0.15, 0.2) is 18.2 Å². The van der Waals surface area contributed by atoms with E-state index in [1.165, 1.54) is 0 Å². The summed E-state index contributed by atoms with van der Waals surface area (Å²) in [7, 11) is 1.60. The van der Waals surface area contributed by atoms with Crippen molar-refractivity contribution in [1.29, 1.82) is 0 Å². The van der Waals surface area contributed by atoms with Crippen molar-refractivity contribution >= 4 is 5.91 Å². The molecule has 0 aliphatic rings. The lowest BCUT2D eigenvalue weighted by atomic mass is 10.2. The third-order valence-corrected chi connectivity index (χ3v) is 2.81. The molecule has 0 saturated carbocycles. The molecule has 0 saturated heterocycles. The number of ether oxygens (including phenoxy) is 2. The molecule has 0 aliphatic carbocycles. The molecule has 0 atom stereocenters. The first kappa shape index (κ1) is 17.3. The largest absolute Gasteiger partial charge is 0.504 e. The highest BCUT2D eigenvalue weighted by Crippen LogP contribution is 2.26. The molecular formula is C15H24N2O4. The van der Waals surface area contributed by atoms with Gasteiger partial charge in [0.05, 0.1) is 13.2 Å². The Hall–Kier alpha value is -1.79. The van der Waals surface area contributed by atoms with Gasteiger partial charge in [-0.25, -0.2) is 0 Å². The summed E-state index contributed by atoms with van der Waals surface area (Å²) in [5, 5.41) is 15.5. The first-order valence-corrected chi connectivity index (χ1v) is 7.08. The van der Waals surface area contributed by atoms with Gasteiger partial charge in [0, 0.05) is 33.2 Å². The fraction of sp³-hybridized carbons (Fsp3) is 0.533. The minimum atomic E-state index is 0.000242. The van der Waals surface area contributed by atoms with E-state index < -0.39 is 0 Å². The van der Waals surface area contributed by atoms with E-state index in [1.807, 2.05) is 13.0 Å². The lowest BCUT2D eigenvalue weighted by Crippen LogP contribution is -2.29. The Bertz CT molecular complexity index is 438. The van der Waals surface area contributed by atoms with Crippen LogP contribution in [-0.2, 0) is 16.1 Å². The summed E-state index contributed by atoms with van der Waals surface area (Å²) in [6, 6.07) is 5.23. The normalized spacial score (nSPS) is 10.4. The van der Waals surface area contributed by atoms with Gasteiger partial charge in [-0.3, -0.25) is 4.79 Å². The maximum absolute atomic E-state index is 11.5. The Balaban J connectivity index is 2.26. The second-order valence-corrected chi connectivity index (χ2v) is 4.50. The van der Waals surface area contributed by atoms with Crippen molar-refractivity contribution in [3.8, 4) is 11.5 Å². The zero-order chi connectivity index (χ0) is 15.5. The van der Waals surface area contributed by atoms with Gasteiger partial charge in [0.1, 0.15) is 0 Å². The van der Waals surface area contributed by atoms with Crippen LogP contribution in [0.2, 0.25) is 0 Å². The Morgan fingerprint density at radius 2 is 2.14 bits per heavy atom. The first-order valence-electron chi connectivity index (χ1n) is 7.08. The van der Waals surface area contributed by atoms with Crippen LogP contribution in [0.3, 0.4) is 0 Å². The van der Waals surface area contributed by atoms with E-state index in [9.17, 15) is 9.90 Å². The van der Waals surface area contributed by atoms with Crippen molar-refractivity contribution < 1.29 is 19.4 Å². The molecule has 0 unspecified atom stereocenters. The van der Waals surface area contributed by atoms with Crippen LogP contribution < -0.4 is 15.4 Å². The molecule has 0 aliphatic heterocycles. The van der Waals surface area contributed by atoms with Crippen molar-refractivity contribution in [2.45, 2.75) is 19.9 Å². The monoisotopic (exact) mass is 296 g/mol. The predicted molar refractivity (Wildman–Crippen MR) is 80.5 cm³/mol. The van der Waals surface area contributed by atoms with Crippen molar-refractivity contribution in [3.63, 3.8) is 0 Å². The number of nitrogens with one attached hydrogen (secondary N) is 2. The molecule has 6 nitrogen and oxygen atoms in total. The Morgan fingerprint density at radius 3 is 2.86 bits per heavy atom. The molecule has 1 amide bonds. The highest BCUT2D eigenvalue weighted by molar-refractivity contribution is 5.76. The molecule has 0 heterocycles. The number of carbonyl (C=O) groups excluding carboxylic acids is 1. The number of hydrogen-bond donors (Lipinski definition) is 3. The predicted octanol–water partition coefficient (Wildman–Crippen LogP) is 1.03. The highest BCUT2D eigenvalue weighted by atomic mass is 16.5. The number of benzene rings is 1. The number of aromatic hydroxyl groups is 1. The Kier molecular flexibility index (Phi) is 8.23. The smallest absolute Gasteiger partial charge is 0.221 e. The van der Waals surface area contributed by atoms with E-state index >= 15 is 0 Å².